The van der Waals surface area contributed by atoms with Gasteiger partial charge in [-0.25, -0.2) is 4.79 Å². The molecule has 1 N–H and O–H groups in total. The summed E-state index contributed by atoms with van der Waals surface area (Å²) >= 11 is 0. The van der Waals surface area contributed by atoms with Crippen LogP contribution in [0.5, 0.6) is 0 Å². The van der Waals surface area contributed by atoms with E-state index in [1.807, 2.05) is 12.1 Å². The van der Waals surface area contributed by atoms with Crippen molar-refractivity contribution >= 4 is 16.2 Å². The van der Waals surface area contributed by atoms with Gasteiger partial charge < -0.3 is 5.11 Å². The Morgan fingerprint density at radius 1 is 1.37 bits per heavy atom. The van der Waals surface area contributed by atoms with E-state index in [2.05, 4.69) is 9.97 Å². The number of aromatic carboxylic acids is 1. The van der Waals surface area contributed by atoms with E-state index in [1.165, 1.54) is 28.9 Å². The predicted molar refractivity (Wildman–Crippen MR) is 100 cm³/mol. The van der Waals surface area contributed by atoms with E-state index >= 15 is 0 Å². The molecule has 8 nitrogen and oxygen atoms in total. The quantitative estimate of drug-likeness (QED) is 0.802. The first kappa shape index (κ1) is 19.4. The van der Waals surface area contributed by atoms with Gasteiger partial charge in [0.25, 0.3) is 10.2 Å². The van der Waals surface area contributed by atoms with Crippen LogP contribution in [0.3, 0.4) is 0 Å². The summed E-state index contributed by atoms with van der Waals surface area (Å²) in [7, 11) is -0.339. The van der Waals surface area contributed by atoms with Gasteiger partial charge in [0.2, 0.25) is 0 Å². The minimum Gasteiger partial charge on any atom is -0.478 e. The van der Waals surface area contributed by atoms with E-state index in [4.69, 9.17) is 0 Å². The van der Waals surface area contributed by atoms with Gasteiger partial charge in [-0.2, -0.15) is 17.0 Å². The number of carboxylic acids is 1. The predicted octanol–water partition coefficient (Wildman–Crippen LogP) is 1.51. The number of carboxylic acid groups (broad SMARTS) is 1. The van der Waals surface area contributed by atoms with Crippen molar-refractivity contribution in [1.82, 2.24) is 18.6 Å². The van der Waals surface area contributed by atoms with Crippen LogP contribution in [0, 0.1) is 5.92 Å². The monoisotopic (exact) mass is 390 g/mol. The molecule has 0 bridgehead atoms. The van der Waals surface area contributed by atoms with Gasteiger partial charge >= 0.3 is 5.97 Å². The van der Waals surface area contributed by atoms with Crippen molar-refractivity contribution < 1.29 is 18.3 Å². The van der Waals surface area contributed by atoms with Gasteiger partial charge in [-0.3, -0.25) is 9.97 Å². The van der Waals surface area contributed by atoms with E-state index in [0.717, 1.165) is 12.0 Å². The SMILES string of the molecule is CN(C)S(=O)(=O)N1CC[C@@H](Cc2cccnc2-c2cncc(C(=O)O)c2)C1. The molecule has 1 aliphatic heterocycles. The summed E-state index contributed by atoms with van der Waals surface area (Å²) in [5.41, 5.74) is 2.38. The molecule has 0 spiro atoms. The third-order valence-electron chi connectivity index (χ3n) is 4.69. The van der Waals surface area contributed by atoms with Gasteiger partial charge in [0.15, 0.2) is 0 Å². The molecule has 1 fully saturated rings. The fourth-order valence-corrected chi connectivity index (χ4v) is 4.46. The van der Waals surface area contributed by atoms with Crippen molar-refractivity contribution in [3.8, 4) is 11.3 Å². The van der Waals surface area contributed by atoms with Gasteiger partial charge in [-0.15, -0.1) is 0 Å². The molecule has 0 saturated carbocycles. The van der Waals surface area contributed by atoms with Crippen molar-refractivity contribution in [2.45, 2.75) is 12.8 Å². The summed E-state index contributed by atoms with van der Waals surface area (Å²) in [6.07, 6.45) is 5.99. The van der Waals surface area contributed by atoms with Crippen LogP contribution in [0.15, 0.2) is 36.8 Å². The number of aromatic nitrogens is 2. The lowest BCUT2D eigenvalue weighted by molar-refractivity contribution is 0.0696. The van der Waals surface area contributed by atoms with Gasteiger partial charge in [0.05, 0.1) is 11.3 Å². The highest BCUT2D eigenvalue weighted by Gasteiger charge is 2.33. The summed E-state index contributed by atoms with van der Waals surface area (Å²) < 4.78 is 27.3. The zero-order valence-electron chi connectivity index (χ0n) is 15.2. The molecule has 1 atom stereocenters. The maximum atomic E-state index is 12.3. The topological polar surface area (TPSA) is 104 Å². The second-order valence-electron chi connectivity index (χ2n) is 6.79. The fourth-order valence-electron chi connectivity index (χ4n) is 3.26. The standard InChI is InChI=1S/C18H22N4O4S/c1-21(2)27(25,26)22-7-5-13(12-22)8-14-4-3-6-20-17(14)15-9-16(18(23)24)11-19-10-15/h3-4,6,9-11,13H,5,7-8,12H2,1-2H3,(H,23,24)/t13-/m0/s1. The van der Waals surface area contributed by atoms with Crippen molar-refractivity contribution in [3.05, 3.63) is 47.9 Å². The molecule has 2 aromatic rings. The first-order valence-corrected chi connectivity index (χ1v) is 9.99. The Morgan fingerprint density at radius 2 is 2.15 bits per heavy atom. The molecule has 27 heavy (non-hydrogen) atoms. The number of carbonyl (C=O) groups is 1. The Labute approximate surface area is 158 Å². The van der Waals surface area contributed by atoms with Crippen LogP contribution in [-0.4, -0.2) is 65.3 Å². The largest absolute Gasteiger partial charge is 0.478 e. The third-order valence-corrected chi connectivity index (χ3v) is 6.60. The third kappa shape index (κ3) is 4.15. The van der Waals surface area contributed by atoms with Crippen LogP contribution in [0.1, 0.15) is 22.3 Å². The highest BCUT2D eigenvalue weighted by molar-refractivity contribution is 7.86. The van der Waals surface area contributed by atoms with Crippen LogP contribution in [0.2, 0.25) is 0 Å². The summed E-state index contributed by atoms with van der Waals surface area (Å²) in [6, 6.07) is 5.33. The minimum atomic E-state index is -3.40. The Balaban J connectivity index is 1.82. The smallest absolute Gasteiger partial charge is 0.337 e. The molecule has 2 aromatic heterocycles. The molecule has 0 aliphatic carbocycles. The van der Waals surface area contributed by atoms with E-state index in [1.54, 1.807) is 18.5 Å². The molecule has 0 aromatic carbocycles. The molecule has 144 valence electrons. The first-order chi connectivity index (χ1) is 12.8. The number of rotatable bonds is 6. The van der Waals surface area contributed by atoms with Crippen molar-refractivity contribution in [1.29, 1.82) is 0 Å². The van der Waals surface area contributed by atoms with Crippen LogP contribution in [0.25, 0.3) is 11.3 Å². The molecule has 1 saturated heterocycles. The molecule has 3 rings (SSSR count). The maximum Gasteiger partial charge on any atom is 0.337 e. The fraction of sp³-hybridized carbons (Fsp3) is 0.389. The summed E-state index contributed by atoms with van der Waals surface area (Å²) in [4.78, 5) is 19.6. The number of pyridine rings is 2. The van der Waals surface area contributed by atoms with E-state index in [-0.39, 0.29) is 11.5 Å². The van der Waals surface area contributed by atoms with Gasteiger partial charge in [-0.1, -0.05) is 6.07 Å². The zero-order valence-corrected chi connectivity index (χ0v) is 16.1. The highest BCUT2D eigenvalue weighted by atomic mass is 32.2. The maximum absolute atomic E-state index is 12.3. The number of hydrogen-bond acceptors (Lipinski definition) is 5. The lowest BCUT2D eigenvalue weighted by atomic mass is 9.95. The Morgan fingerprint density at radius 3 is 2.85 bits per heavy atom. The lowest BCUT2D eigenvalue weighted by Crippen LogP contribution is -2.38. The van der Waals surface area contributed by atoms with Crippen LogP contribution in [0.4, 0.5) is 0 Å². The van der Waals surface area contributed by atoms with Crippen LogP contribution in [-0.2, 0) is 16.6 Å². The number of hydrogen-bond donors (Lipinski definition) is 1. The lowest BCUT2D eigenvalue weighted by Gasteiger charge is -2.21. The highest BCUT2D eigenvalue weighted by Crippen LogP contribution is 2.28. The first-order valence-electron chi connectivity index (χ1n) is 8.59. The summed E-state index contributed by atoms with van der Waals surface area (Å²) in [5, 5.41) is 9.18. The van der Waals surface area contributed by atoms with Crippen molar-refractivity contribution in [2.75, 3.05) is 27.2 Å². The van der Waals surface area contributed by atoms with Crippen molar-refractivity contribution in [2.24, 2.45) is 5.92 Å². The molecule has 3 heterocycles. The molecule has 0 radical (unpaired) electrons. The normalized spacial score (nSPS) is 18.1. The summed E-state index contributed by atoms with van der Waals surface area (Å²) in [6.45, 7) is 0.957. The average molecular weight is 390 g/mol. The molecule has 1 aliphatic rings. The average Bonchev–Trinajstić information content (AvgIpc) is 3.11. The Hall–Kier alpha value is -2.36. The van der Waals surface area contributed by atoms with Gasteiger partial charge in [0, 0.05) is 51.3 Å². The van der Waals surface area contributed by atoms with Crippen molar-refractivity contribution in [3.63, 3.8) is 0 Å². The zero-order chi connectivity index (χ0) is 19.6. The van der Waals surface area contributed by atoms with Gasteiger partial charge in [-0.05, 0) is 36.5 Å². The van der Waals surface area contributed by atoms with E-state index < -0.39 is 16.2 Å². The minimum absolute atomic E-state index is 0.105. The molecule has 0 amide bonds. The second-order valence-corrected chi connectivity index (χ2v) is 8.93. The molecule has 9 heteroatoms. The summed E-state index contributed by atoms with van der Waals surface area (Å²) in [5.74, 6) is -0.861. The molecule has 0 unspecified atom stereocenters. The number of nitrogens with zero attached hydrogens (tertiary/aromatic N) is 4. The molecular formula is C18H22N4O4S. The van der Waals surface area contributed by atoms with E-state index in [0.29, 0.717) is 30.8 Å². The van der Waals surface area contributed by atoms with E-state index in [9.17, 15) is 18.3 Å². The van der Waals surface area contributed by atoms with Crippen LogP contribution >= 0.6 is 0 Å². The van der Waals surface area contributed by atoms with Gasteiger partial charge in [0.1, 0.15) is 0 Å². The molecular weight excluding hydrogens is 368 g/mol. The Bertz CT molecular complexity index is 946. The Kier molecular flexibility index (Phi) is 5.54. The van der Waals surface area contributed by atoms with Crippen LogP contribution < -0.4 is 0 Å². The second kappa shape index (κ2) is 7.71.